The second kappa shape index (κ2) is 8.54. The van der Waals surface area contributed by atoms with Gasteiger partial charge in [-0.05, 0) is 49.1 Å². The average molecular weight is 431 g/mol. The average Bonchev–Trinajstić information content (AvgIpc) is 3.60. The van der Waals surface area contributed by atoms with Crippen LogP contribution in [0.2, 0.25) is 0 Å². The lowest BCUT2D eigenvalue weighted by Crippen LogP contribution is -2.57. The van der Waals surface area contributed by atoms with Crippen LogP contribution in [0, 0.1) is 6.92 Å². The topological polar surface area (TPSA) is 60.8 Å². The first-order chi connectivity index (χ1) is 15.6. The highest BCUT2D eigenvalue weighted by atomic mass is 16.5. The van der Waals surface area contributed by atoms with Crippen LogP contribution in [0.3, 0.4) is 0 Å². The van der Waals surface area contributed by atoms with E-state index in [4.69, 9.17) is 9.47 Å². The molecular formula is C26H26N2O4. The molecule has 1 aromatic heterocycles. The molecule has 3 aromatic rings. The summed E-state index contributed by atoms with van der Waals surface area (Å²) in [7, 11) is 0. The number of carbonyl (C=O) groups is 1. The number of carbonyl (C=O) groups excluding carboxylic acids is 1. The minimum atomic E-state index is -0.0975. The van der Waals surface area contributed by atoms with Gasteiger partial charge in [0.25, 0.3) is 11.5 Å². The standard InChI is InChI=1S/C26H26N2O4/c1-18-13-23(14-25(29)28(18)21-9-10-21)32-24-15-27(16-24)26(30)17-31-22-11-7-20(8-12-22)19-5-3-2-4-6-19/h2-8,11-14,21,24H,9-10,15-17H2,1H3. The fourth-order valence-electron chi connectivity index (χ4n) is 4.07. The van der Waals surface area contributed by atoms with Gasteiger partial charge in [-0.1, -0.05) is 42.5 Å². The van der Waals surface area contributed by atoms with Crippen molar-refractivity contribution < 1.29 is 14.3 Å². The van der Waals surface area contributed by atoms with Crippen LogP contribution in [0.25, 0.3) is 11.1 Å². The molecule has 1 amide bonds. The Morgan fingerprint density at radius 3 is 2.28 bits per heavy atom. The van der Waals surface area contributed by atoms with Gasteiger partial charge in [0.1, 0.15) is 17.6 Å². The number of rotatable bonds is 7. The van der Waals surface area contributed by atoms with Crippen LogP contribution >= 0.6 is 0 Å². The molecule has 0 spiro atoms. The van der Waals surface area contributed by atoms with E-state index in [-0.39, 0.29) is 24.2 Å². The lowest BCUT2D eigenvalue weighted by atomic mass is 10.1. The van der Waals surface area contributed by atoms with E-state index in [2.05, 4.69) is 12.1 Å². The molecule has 6 heteroatoms. The van der Waals surface area contributed by atoms with Crippen LogP contribution in [0.4, 0.5) is 0 Å². The van der Waals surface area contributed by atoms with Crippen molar-refractivity contribution in [1.82, 2.24) is 9.47 Å². The van der Waals surface area contributed by atoms with Crippen LogP contribution < -0.4 is 15.0 Å². The number of ether oxygens (including phenoxy) is 2. The summed E-state index contributed by atoms with van der Waals surface area (Å²) in [5.41, 5.74) is 3.16. The zero-order chi connectivity index (χ0) is 22.1. The fourth-order valence-corrected chi connectivity index (χ4v) is 4.07. The molecular weight excluding hydrogens is 404 g/mol. The maximum atomic E-state index is 12.4. The third-order valence-corrected chi connectivity index (χ3v) is 5.97. The van der Waals surface area contributed by atoms with E-state index in [0.29, 0.717) is 30.6 Å². The van der Waals surface area contributed by atoms with Crippen molar-refractivity contribution >= 4 is 5.91 Å². The lowest BCUT2D eigenvalue weighted by Gasteiger charge is -2.38. The Labute approximate surface area is 187 Å². The van der Waals surface area contributed by atoms with Crippen molar-refractivity contribution in [3.05, 3.63) is 82.8 Å². The SMILES string of the molecule is Cc1cc(OC2CN(C(=O)COc3ccc(-c4ccccc4)cc3)C2)cc(=O)n1C1CC1. The van der Waals surface area contributed by atoms with Gasteiger partial charge in [0.15, 0.2) is 6.61 Å². The summed E-state index contributed by atoms with van der Waals surface area (Å²) in [4.78, 5) is 26.4. The van der Waals surface area contributed by atoms with Crippen molar-refractivity contribution in [2.24, 2.45) is 0 Å². The van der Waals surface area contributed by atoms with Gasteiger partial charge in [0.2, 0.25) is 0 Å². The van der Waals surface area contributed by atoms with Crippen LogP contribution in [0.15, 0.2) is 71.5 Å². The van der Waals surface area contributed by atoms with Crippen LogP contribution in [0.1, 0.15) is 24.6 Å². The summed E-state index contributed by atoms with van der Waals surface area (Å²) in [5, 5.41) is 0. The summed E-state index contributed by atoms with van der Waals surface area (Å²) in [6.07, 6.45) is 2.04. The fraction of sp³-hybridized carbons (Fsp3) is 0.308. The molecule has 0 bridgehead atoms. The molecule has 32 heavy (non-hydrogen) atoms. The molecule has 164 valence electrons. The number of nitrogens with zero attached hydrogens (tertiary/aromatic N) is 2. The van der Waals surface area contributed by atoms with Crippen molar-refractivity contribution in [1.29, 1.82) is 0 Å². The Kier molecular flexibility index (Phi) is 5.43. The number of amides is 1. The van der Waals surface area contributed by atoms with Crippen molar-refractivity contribution in [2.75, 3.05) is 19.7 Å². The molecule has 1 aliphatic heterocycles. The minimum Gasteiger partial charge on any atom is -0.486 e. The third kappa shape index (κ3) is 4.40. The van der Waals surface area contributed by atoms with Crippen molar-refractivity contribution in [3.63, 3.8) is 0 Å². The van der Waals surface area contributed by atoms with E-state index < -0.39 is 0 Å². The van der Waals surface area contributed by atoms with E-state index in [1.165, 1.54) is 0 Å². The van der Waals surface area contributed by atoms with Gasteiger partial charge < -0.3 is 18.9 Å². The minimum absolute atomic E-state index is 0.00601. The zero-order valence-electron chi connectivity index (χ0n) is 18.1. The molecule has 2 aliphatic rings. The van der Waals surface area contributed by atoms with E-state index in [1.807, 2.05) is 60.0 Å². The smallest absolute Gasteiger partial charge is 0.260 e. The lowest BCUT2D eigenvalue weighted by molar-refractivity contribution is -0.142. The predicted octanol–water partition coefficient (Wildman–Crippen LogP) is 3.83. The van der Waals surface area contributed by atoms with Crippen LogP contribution in [0.5, 0.6) is 11.5 Å². The number of benzene rings is 2. The first-order valence-electron chi connectivity index (χ1n) is 11.0. The summed E-state index contributed by atoms with van der Waals surface area (Å²) >= 11 is 0. The van der Waals surface area contributed by atoms with Gasteiger partial charge in [0, 0.05) is 17.8 Å². The summed E-state index contributed by atoms with van der Waals surface area (Å²) in [5.74, 6) is 1.17. The number of pyridine rings is 1. The molecule has 2 fully saturated rings. The highest BCUT2D eigenvalue weighted by molar-refractivity contribution is 5.78. The molecule has 0 radical (unpaired) electrons. The zero-order valence-corrected chi connectivity index (χ0v) is 18.1. The molecule has 2 heterocycles. The van der Waals surface area contributed by atoms with E-state index in [1.54, 1.807) is 11.0 Å². The number of hydrogen-bond donors (Lipinski definition) is 0. The molecule has 0 unspecified atom stereocenters. The Bertz CT molecular complexity index is 1160. The maximum absolute atomic E-state index is 12.4. The third-order valence-electron chi connectivity index (χ3n) is 5.97. The van der Waals surface area contributed by atoms with E-state index in [9.17, 15) is 9.59 Å². The number of aromatic nitrogens is 1. The van der Waals surface area contributed by atoms with Crippen molar-refractivity contribution in [3.8, 4) is 22.6 Å². The Morgan fingerprint density at radius 1 is 0.938 bits per heavy atom. The van der Waals surface area contributed by atoms with Crippen LogP contribution in [-0.2, 0) is 4.79 Å². The summed E-state index contributed by atoms with van der Waals surface area (Å²) < 4.78 is 13.4. The second-order valence-electron chi connectivity index (χ2n) is 8.49. The van der Waals surface area contributed by atoms with Gasteiger partial charge in [-0.15, -0.1) is 0 Å². The highest BCUT2D eigenvalue weighted by Gasteiger charge is 2.33. The van der Waals surface area contributed by atoms with Crippen molar-refractivity contribution in [2.45, 2.75) is 31.9 Å². The van der Waals surface area contributed by atoms with E-state index in [0.717, 1.165) is 29.7 Å². The molecule has 1 saturated carbocycles. The molecule has 5 rings (SSSR count). The summed E-state index contributed by atoms with van der Waals surface area (Å²) in [6.45, 7) is 2.93. The largest absolute Gasteiger partial charge is 0.486 e. The Morgan fingerprint density at radius 2 is 1.62 bits per heavy atom. The quantitative estimate of drug-likeness (QED) is 0.572. The van der Waals surface area contributed by atoms with Gasteiger partial charge in [-0.2, -0.15) is 0 Å². The summed E-state index contributed by atoms with van der Waals surface area (Å²) in [6, 6.07) is 21.7. The van der Waals surface area contributed by atoms with Gasteiger partial charge >= 0.3 is 0 Å². The maximum Gasteiger partial charge on any atom is 0.260 e. The van der Waals surface area contributed by atoms with E-state index >= 15 is 0 Å². The molecule has 0 atom stereocenters. The normalized spacial score (nSPS) is 15.8. The van der Waals surface area contributed by atoms with Crippen LogP contribution in [-0.4, -0.2) is 41.2 Å². The van der Waals surface area contributed by atoms with Gasteiger partial charge in [0.05, 0.1) is 13.1 Å². The number of aryl methyl sites for hydroxylation is 1. The molecule has 6 nitrogen and oxygen atoms in total. The molecule has 1 aliphatic carbocycles. The Hall–Kier alpha value is -3.54. The number of likely N-dealkylation sites (tertiary alicyclic amines) is 1. The molecule has 2 aromatic carbocycles. The monoisotopic (exact) mass is 430 g/mol. The molecule has 1 saturated heterocycles. The second-order valence-corrected chi connectivity index (χ2v) is 8.49. The Balaban J connectivity index is 1.09. The first kappa shape index (κ1) is 20.4. The highest BCUT2D eigenvalue weighted by Crippen LogP contribution is 2.35. The first-order valence-corrected chi connectivity index (χ1v) is 11.0. The number of hydrogen-bond acceptors (Lipinski definition) is 4. The predicted molar refractivity (Wildman–Crippen MR) is 122 cm³/mol. The molecule has 0 N–H and O–H groups in total. The van der Waals surface area contributed by atoms with Gasteiger partial charge in [-0.3, -0.25) is 9.59 Å². The van der Waals surface area contributed by atoms with Gasteiger partial charge in [-0.25, -0.2) is 0 Å².